The molecule has 3 nitrogen and oxygen atoms in total. The third-order valence-corrected chi connectivity index (χ3v) is 5.89. The minimum Gasteiger partial charge on any atom is -0.479 e. The van der Waals surface area contributed by atoms with E-state index < -0.39 is 12.0 Å². The van der Waals surface area contributed by atoms with Crippen molar-refractivity contribution >= 4 is 66.5 Å². The summed E-state index contributed by atoms with van der Waals surface area (Å²) >= 11 is 14.0. The van der Waals surface area contributed by atoms with Crippen LogP contribution in [0.3, 0.4) is 0 Å². The average Bonchev–Trinajstić information content (AvgIpc) is 2.66. The van der Waals surface area contributed by atoms with Gasteiger partial charge in [-0.25, -0.2) is 4.79 Å². The first-order valence-corrected chi connectivity index (χ1v) is 7.95. The second-order valence-corrected chi connectivity index (χ2v) is 7.39. The highest BCUT2D eigenvalue weighted by molar-refractivity contribution is 9.13. The number of nitrogens with one attached hydrogen (secondary N) is 1. The van der Waals surface area contributed by atoms with Gasteiger partial charge in [0.25, 0.3) is 0 Å². The average molecular weight is 426 g/mol. The standard InChI is InChI=1S/C12H8Br2ClNO2S/c13-8-5-9(19-11(8)14)10(12(17)18)16-7-3-1-2-6(15)4-7/h1-5,10,16H,(H,17,18). The van der Waals surface area contributed by atoms with E-state index in [1.165, 1.54) is 11.3 Å². The van der Waals surface area contributed by atoms with Crippen LogP contribution in [0.25, 0.3) is 0 Å². The molecule has 0 aliphatic rings. The van der Waals surface area contributed by atoms with Crippen molar-refractivity contribution in [1.29, 1.82) is 0 Å². The van der Waals surface area contributed by atoms with Gasteiger partial charge in [0, 0.05) is 20.1 Å². The lowest BCUT2D eigenvalue weighted by Crippen LogP contribution is -2.19. The molecule has 0 spiro atoms. The number of hydrogen-bond acceptors (Lipinski definition) is 3. The quantitative estimate of drug-likeness (QED) is 0.711. The maximum atomic E-state index is 11.4. The Morgan fingerprint density at radius 1 is 1.37 bits per heavy atom. The molecule has 2 rings (SSSR count). The molecule has 0 amide bonds. The van der Waals surface area contributed by atoms with Crippen LogP contribution in [0.4, 0.5) is 5.69 Å². The number of carboxylic acid groups (broad SMARTS) is 1. The van der Waals surface area contributed by atoms with Gasteiger partial charge < -0.3 is 10.4 Å². The molecule has 100 valence electrons. The first kappa shape index (κ1) is 14.8. The number of carbonyl (C=O) groups is 1. The predicted octanol–water partition coefficient (Wildman–Crippen LogP) is 5.16. The molecule has 1 aromatic carbocycles. The van der Waals surface area contributed by atoms with Gasteiger partial charge in [0.1, 0.15) is 0 Å². The fourth-order valence-electron chi connectivity index (χ4n) is 1.51. The Morgan fingerprint density at radius 3 is 2.63 bits per heavy atom. The van der Waals surface area contributed by atoms with Crippen molar-refractivity contribution in [2.45, 2.75) is 6.04 Å². The maximum absolute atomic E-state index is 11.4. The first-order valence-electron chi connectivity index (χ1n) is 5.17. The van der Waals surface area contributed by atoms with E-state index in [1.54, 1.807) is 30.3 Å². The number of thiophene rings is 1. The van der Waals surface area contributed by atoms with E-state index in [9.17, 15) is 9.90 Å². The molecule has 0 saturated heterocycles. The number of carboxylic acids is 1. The zero-order valence-electron chi connectivity index (χ0n) is 9.36. The fourth-order valence-corrected chi connectivity index (χ4v) is 3.83. The summed E-state index contributed by atoms with van der Waals surface area (Å²) in [6.45, 7) is 0. The Hall–Kier alpha value is -0.560. The SMILES string of the molecule is O=C(O)C(Nc1cccc(Cl)c1)c1cc(Br)c(Br)s1. The lowest BCUT2D eigenvalue weighted by molar-refractivity contribution is -0.138. The molecule has 0 aliphatic carbocycles. The number of aliphatic carboxylic acids is 1. The molecule has 2 N–H and O–H groups in total. The smallest absolute Gasteiger partial charge is 0.331 e. The molecule has 0 radical (unpaired) electrons. The minimum atomic E-state index is -0.943. The normalized spacial score (nSPS) is 12.2. The van der Waals surface area contributed by atoms with Gasteiger partial charge in [-0.15, -0.1) is 11.3 Å². The molecule has 1 unspecified atom stereocenters. The van der Waals surface area contributed by atoms with Crippen LogP contribution in [0.15, 0.2) is 38.6 Å². The Bertz CT molecular complexity index is 598. The highest BCUT2D eigenvalue weighted by Crippen LogP contribution is 2.36. The lowest BCUT2D eigenvalue weighted by Gasteiger charge is -2.14. The summed E-state index contributed by atoms with van der Waals surface area (Å²) < 4.78 is 1.70. The van der Waals surface area contributed by atoms with E-state index >= 15 is 0 Å². The topological polar surface area (TPSA) is 49.3 Å². The second-order valence-electron chi connectivity index (χ2n) is 3.70. The van der Waals surface area contributed by atoms with E-state index in [4.69, 9.17) is 11.6 Å². The molecule has 0 aliphatic heterocycles. The van der Waals surface area contributed by atoms with E-state index in [2.05, 4.69) is 37.2 Å². The largest absolute Gasteiger partial charge is 0.479 e. The van der Waals surface area contributed by atoms with Crippen molar-refractivity contribution in [1.82, 2.24) is 0 Å². The van der Waals surface area contributed by atoms with Crippen molar-refractivity contribution < 1.29 is 9.90 Å². The summed E-state index contributed by atoms with van der Waals surface area (Å²) in [6.07, 6.45) is 0. The van der Waals surface area contributed by atoms with Crippen LogP contribution in [-0.4, -0.2) is 11.1 Å². The van der Waals surface area contributed by atoms with Gasteiger partial charge in [0.2, 0.25) is 0 Å². The van der Waals surface area contributed by atoms with Gasteiger partial charge in [0.05, 0.1) is 3.79 Å². The molecular weight excluding hydrogens is 417 g/mol. The molecule has 19 heavy (non-hydrogen) atoms. The van der Waals surface area contributed by atoms with Crippen molar-refractivity contribution in [2.75, 3.05) is 5.32 Å². The molecule has 7 heteroatoms. The summed E-state index contributed by atoms with van der Waals surface area (Å²) in [4.78, 5) is 12.1. The van der Waals surface area contributed by atoms with Crippen LogP contribution >= 0.6 is 54.8 Å². The molecule has 2 aromatic rings. The van der Waals surface area contributed by atoms with Crippen LogP contribution in [0.5, 0.6) is 0 Å². The molecule has 1 atom stereocenters. The monoisotopic (exact) mass is 423 g/mol. The molecule has 0 fully saturated rings. The molecular formula is C12H8Br2ClNO2S. The molecule has 0 bridgehead atoms. The van der Waals surface area contributed by atoms with E-state index in [0.717, 1.165) is 8.26 Å². The highest BCUT2D eigenvalue weighted by atomic mass is 79.9. The second kappa shape index (κ2) is 6.26. The van der Waals surface area contributed by atoms with Gasteiger partial charge in [-0.2, -0.15) is 0 Å². The summed E-state index contributed by atoms with van der Waals surface area (Å²) in [5, 5.41) is 12.9. The Balaban J connectivity index is 2.29. The maximum Gasteiger partial charge on any atom is 0.331 e. The highest BCUT2D eigenvalue weighted by Gasteiger charge is 2.22. The summed E-state index contributed by atoms with van der Waals surface area (Å²) in [7, 11) is 0. The number of hydrogen-bond donors (Lipinski definition) is 2. The van der Waals surface area contributed by atoms with Crippen molar-refractivity contribution in [3.05, 3.63) is 48.5 Å². The van der Waals surface area contributed by atoms with Crippen LogP contribution in [0.2, 0.25) is 5.02 Å². The van der Waals surface area contributed by atoms with Crippen LogP contribution in [0.1, 0.15) is 10.9 Å². The third-order valence-electron chi connectivity index (χ3n) is 2.33. The molecule has 1 aromatic heterocycles. The Kier molecular flexibility index (Phi) is 4.89. The van der Waals surface area contributed by atoms with E-state index in [0.29, 0.717) is 15.6 Å². The number of benzene rings is 1. The Morgan fingerprint density at radius 2 is 2.11 bits per heavy atom. The molecule has 1 heterocycles. The zero-order valence-corrected chi connectivity index (χ0v) is 14.1. The predicted molar refractivity (Wildman–Crippen MR) is 85.2 cm³/mol. The van der Waals surface area contributed by atoms with Gasteiger partial charge in [-0.3, -0.25) is 0 Å². The zero-order chi connectivity index (χ0) is 14.0. The van der Waals surface area contributed by atoms with E-state index in [1.807, 2.05) is 0 Å². The van der Waals surface area contributed by atoms with Crippen molar-refractivity contribution in [3.8, 4) is 0 Å². The third kappa shape index (κ3) is 3.72. The summed E-state index contributed by atoms with van der Waals surface area (Å²) in [5.74, 6) is -0.943. The molecule has 0 saturated carbocycles. The van der Waals surface area contributed by atoms with Gasteiger partial charge in [-0.05, 0) is 56.1 Å². The van der Waals surface area contributed by atoms with Gasteiger partial charge in [-0.1, -0.05) is 17.7 Å². The summed E-state index contributed by atoms with van der Waals surface area (Å²) in [6, 6.07) is 7.94. The van der Waals surface area contributed by atoms with Crippen molar-refractivity contribution in [2.24, 2.45) is 0 Å². The minimum absolute atomic E-state index is 0.558. The summed E-state index contributed by atoms with van der Waals surface area (Å²) in [5.41, 5.74) is 0.667. The Labute approximate surface area is 135 Å². The van der Waals surface area contributed by atoms with E-state index in [-0.39, 0.29) is 0 Å². The van der Waals surface area contributed by atoms with Crippen LogP contribution in [-0.2, 0) is 4.79 Å². The van der Waals surface area contributed by atoms with Gasteiger partial charge >= 0.3 is 5.97 Å². The van der Waals surface area contributed by atoms with Crippen LogP contribution in [0, 0.1) is 0 Å². The first-order chi connectivity index (χ1) is 8.97. The van der Waals surface area contributed by atoms with Gasteiger partial charge in [0.15, 0.2) is 6.04 Å². The van der Waals surface area contributed by atoms with Crippen LogP contribution < -0.4 is 5.32 Å². The van der Waals surface area contributed by atoms with Crippen molar-refractivity contribution in [3.63, 3.8) is 0 Å². The number of anilines is 1. The lowest BCUT2D eigenvalue weighted by atomic mass is 10.2. The fraction of sp³-hybridized carbons (Fsp3) is 0.0833. The number of halogens is 3. The number of rotatable bonds is 4.